The molecule has 2 aromatic rings. The van der Waals surface area contributed by atoms with Crippen LogP contribution in [0.4, 0.5) is 9.80 Å². The van der Waals surface area contributed by atoms with E-state index in [0.717, 1.165) is 54.9 Å². The molecule has 150 valence electrons. The van der Waals surface area contributed by atoms with E-state index in [-0.39, 0.29) is 18.0 Å². The predicted octanol–water partition coefficient (Wildman–Crippen LogP) is 2.23. The van der Waals surface area contributed by atoms with Gasteiger partial charge >= 0.3 is 6.03 Å². The van der Waals surface area contributed by atoms with E-state index in [9.17, 15) is 4.79 Å². The molecule has 0 saturated carbocycles. The highest BCUT2D eigenvalue weighted by atomic mass is 32.1. The molecule has 4 rings (SSSR count). The van der Waals surface area contributed by atoms with Crippen molar-refractivity contribution in [3.63, 3.8) is 0 Å². The van der Waals surface area contributed by atoms with Crippen molar-refractivity contribution in [1.29, 1.82) is 0 Å². The van der Waals surface area contributed by atoms with Gasteiger partial charge in [-0.3, -0.25) is 15.2 Å². The van der Waals surface area contributed by atoms with Crippen molar-refractivity contribution in [2.75, 3.05) is 38.7 Å². The van der Waals surface area contributed by atoms with E-state index < -0.39 is 0 Å². The monoisotopic (exact) mass is 403 g/mol. The first kappa shape index (κ1) is 19.1. The Morgan fingerprint density at radius 3 is 2.86 bits per heavy atom. The molecule has 2 N–H and O–H groups in total. The Morgan fingerprint density at radius 2 is 2.25 bits per heavy atom. The van der Waals surface area contributed by atoms with Gasteiger partial charge in [-0.15, -0.1) is 0 Å². The Balaban J connectivity index is 1.47. The van der Waals surface area contributed by atoms with Gasteiger partial charge in [0.15, 0.2) is 0 Å². The third-order valence-electron chi connectivity index (χ3n) is 5.34. The minimum absolute atomic E-state index is 0.00663. The van der Waals surface area contributed by atoms with Crippen molar-refractivity contribution < 1.29 is 14.3 Å². The van der Waals surface area contributed by atoms with Gasteiger partial charge in [-0.1, -0.05) is 0 Å². The van der Waals surface area contributed by atoms with Crippen LogP contribution in [-0.2, 0) is 4.74 Å². The molecule has 0 radical (unpaired) electrons. The molecule has 2 atom stereocenters. The number of methoxy groups -OCH3 is 1. The minimum atomic E-state index is -0.201. The van der Waals surface area contributed by atoms with Gasteiger partial charge < -0.3 is 14.8 Å². The second-order valence-corrected chi connectivity index (χ2v) is 8.05. The predicted molar refractivity (Wildman–Crippen MR) is 107 cm³/mol. The maximum Gasteiger partial charge on any atom is 0.320 e. The summed E-state index contributed by atoms with van der Waals surface area (Å²) in [6, 6.07) is 6.05. The zero-order valence-electron chi connectivity index (χ0n) is 16.1. The largest absolute Gasteiger partial charge is 0.495 e. The molecule has 2 aromatic heterocycles. The van der Waals surface area contributed by atoms with Gasteiger partial charge in [0, 0.05) is 30.7 Å². The van der Waals surface area contributed by atoms with E-state index in [4.69, 9.17) is 9.47 Å². The van der Waals surface area contributed by atoms with E-state index in [2.05, 4.69) is 24.9 Å². The van der Waals surface area contributed by atoms with Crippen LogP contribution in [0.3, 0.4) is 0 Å². The summed E-state index contributed by atoms with van der Waals surface area (Å²) in [5, 5.41) is 6.79. The van der Waals surface area contributed by atoms with Crippen LogP contribution in [0.25, 0.3) is 0 Å². The maximum absolute atomic E-state index is 12.5. The summed E-state index contributed by atoms with van der Waals surface area (Å²) in [5.41, 5.74) is 1.86. The highest BCUT2D eigenvalue weighted by Gasteiger charge is 2.37. The number of hydrogen-bond donors (Lipinski definition) is 2. The van der Waals surface area contributed by atoms with Gasteiger partial charge in [-0.05, 0) is 43.1 Å². The summed E-state index contributed by atoms with van der Waals surface area (Å²) in [6.07, 6.45) is 2.60. The number of piperidine rings is 1. The number of ether oxygens (including phenoxy) is 2. The molecular weight excluding hydrogens is 378 g/mol. The first-order chi connectivity index (χ1) is 13.6. The first-order valence-electron chi connectivity index (χ1n) is 9.45. The Morgan fingerprint density at radius 1 is 1.39 bits per heavy atom. The number of pyridine rings is 1. The zero-order valence-corrected chi connectivity index (χ0v) is 16.9. The van der Waals surface area contributed by atoms with Gasteiger partial charge in [0.1, 0.15) is 10.8 Å². The fraction of sp³-hybridized carbons (Fsp3) is 0.526. The molecule has 9 heteroatoms. The highest BCUT2D eigenvalue weighted by molar-refractivity contribution is 7.10. The summed E-state index contributed by atoms with van der Waals surface area (Å²) in [6.45, 7) is 5.26. The molecule has 4 heterocycles. The third kappa shape index (κ3) is 4.26. The summed E-state index contributed by atoms with van der Waals surface area (Å²) in [4.78, 5) is 19.6. The lowest BCUT2D eigenvalue weighted by Gasteiger charge is -2.44. The van der Waals surface area contributed by atoms with Crippen LogP contribution in [0, 0.1) is 6.92 Å². The van der Waals surface area contributed by atoms with Gasteiger partial charge in [-0.2, -0.15) is 4.37 Å². The van der Waals surface area contributed by atoms with Crippen molar-refractivity contribution >= 4 is 22.6 Å². The molecule has 0 bridgehead atoms. The van der Waals surface area contributed by atoms with Gasteiger partial charge in [-0.25, -0.2) is 4.79 Å². The van der Waals surface area contributed by atoms with Gasteiger partial charge in [0.2, 0.25) is 0 Å². The number of likely N-dealkylation sites (tertiary alicyclic amines) is 1. The van der Waals surface area contributed by atoms with Crippen LogP contribution in [0.1, 0.15) is 23.7 Å². The third-order valence-corrected chi connectivity index (χ3v) is 6.13. The Hall–Kier alpha value is -2.23. The normalized spacial score (nSPS) is 23.1. The van der Waals surface area contributed by atoms with Crippen LogP contribution in [0.15, 0.2) is 24.4 Å². The van der Waals surface area contributed by atoms with Gasteiger partial charge in [0.25, 0.3) is 0 Å². The molecule has 2 aliphatic rings. The molecule has 0 spiro atoms. The number of aryl methyl sites for hydroxylation is 1. The van der Waals surface area contributed by atoms with Crippen molar-refractivity contribution in [3.05, 3.63) is 35.8 Å². The van der Waals surface area contributed by atoms with Crippen molar-refractivity contribution in [3.8, 4) is 5.75 Å². The summed E-state index contributed by atoms with van der Waals surface area (Å²) in [5.74, 6) is 0.834. The first-order valence-corrected chi connectivity index (χ1v) is 10.2. The van der Waals surface area contributed by atoms with Gasteiger partial charge in [0.05, 0.1) is 38.3 Å². The molecule has 2 saturated heterocycles. The molecule has 0 aliphatic carbocycles. The van der Waals surface area contributed by atoms with E-state index in [1.807, 2.05) is 25.1 Å². The Bertz CT molecular complexity index is 808. The summed E-state index contributed by atoms with van der Waals surface area (Å²) in [7, 11) is 1.63. The second-order valence-electron chi connectivity index (χ2n) is 7.24. The van der Waals surface area contributed by atoms with Crippen LogP contribution in [0.5, 0.6) is 5.75 Å². The standard InChI is InChI=1S/C19H25N5O3S/c1-12-7-18(28-23-12)22-19(25)21-17-5-6-24(13-10-27-11-13)9-15(17)16-4-3-14(26-2)8-20-16/h3-4,7-8,13,15,17H,5-6,9-11H2,1-2H3,(H2,21,22,25)/t15-,17+/m0/s1. The second kappa shape index (κ2) is 8.42. The molecule has 28 heavy (non-hydrogen) atoms. The van der Waals surface area contributed by atoms with Crippen LogP contribution in [0.2, 0.25) is 0 Å². The number of nitrogens with one attached hydrogen (secondary N) is 2. The number of rotatable bonds is 5. The van der Waals surface area contributed by atoms with E-state index in [1.165, 1.54) is 11.5 Å². The van der Waals surface area contributed by atoms with E-state index in [1.54, 1.807) is 13.3 Å². The topological polar surface area (TPSA) is 88.6 Å². The van der Waals surface area contributed by atoms with Crippen molar-refractivity contribution in [1.82, 2.24) is 19.6 Å². The lowest BCUT2D eigenvalue weighted by atomic mass is 9.88. The van der Waals surface area contributed by atoms with Crippen molar-refractivity contribution in [2.24, 2.45) is 0 Å². The Kier molecular flexibility index (Phi) is 5.74. The van der Waals surface area contributed by atoms with Crippen LogP contribution in [-0.4, -0.2) is 65.8 Å². The molecule has 0 aromatic carbocycles. The van der Waals surface area contributed by atoms with E-state index in [0.29, 0.717) is 6.04 Å². The average Bonchev–Trinajstić information content (AvgIpc) is 3.06. The fourth-order valence-corrected chi connectivity index (χ4v) is 4.34. The molecule has 2 fully saturated rings. The number of anilines is 1. The average molecular weight is 404 g/mol. The molecule has 2 aliphatic heterocycles. The molecule has 2 amide bonds. The number of carbonyl (C=O) groups excluding carboxylic acids is 1. The number of aromatic nitrogens is 2. The molecule has 8 nitrogen and oxygen atoms in total. The lowest BCUT2D eigenvalue weighted by Crippen LogP contribution is -2.57. The molecule has 0 unspecified atom stereocenters. The SMILES string of the molecule is COc1ccc([C@@H]2CN(C3COC3)CC[C@H]2NC(=O)Nc2cc(C)ns2)nc1. The number of amides is 2. The Labute approximate surface area is 168 Å². The van der Waals surface area contributed by atoms with E-state index >= 15 is 0 Å². The number of hydrogen-bond acceptors (Lipinski definition) is 7. The number of urea groups is 1. The van der Waals surface area contributed by atoms with Crippen molar-refractivity contribution in [2.45, 2.75) is 31.3 Å². The number of nitrogens with zero attached hydrogens (tertiary/aromatic N) is 3. The lowest BCUT2D eigenvalue weighted by molar-refractivity contribution is -0.0744. The minimum Gasteiger partial charge on any atom is -0.495 e. The fourth-order valence-electron chi connectivity index (χ4n) is 3.69. The van der Waals surface area contributed by atoms with Crippen LogP contribution >= 0.6 is 11.5 Å². The summed E-state index contributed by atoms with van der Waals surface area (Å²) < 4.78 is 14.8. The molecular formula is C19H25N5O3S. The van der Waals surface area contributed by atoms with Crippen LogP contribution < -0.4 is 15.4 Å². The zero-order chi connectivity index (χ0) is 19.5. The smallest absolute Gasteiger partial charge is 0.320 e. The summed E-state index contributed by atoms with van der Waals surface area (Å²) >= 11 is 1.29. The maximum atomic E-state index is 12.5. The quantitative estimate of drug-likeness (QED) is 0.796. The highest BCUT2D eigenvalue weighted by Crippen LogP contribution is 2.30. The number of carbonyl (C=O) groups is 1.